The smallest absolute Gasteiger partial charge is 0.303 e. The molecule has 2 unspecified atom stereocenters. The maximum absolute atomic E-state index is 10.5. The van der Waals surface area contributed by atoms with Crippen LogP contribution in [0.25, 0.3) is 0 Å². The van der Waals surface area contributed by atoms with E-state index in [1.165, 1.54) is 12.8 Å². The van der Waals surface area contributed by atoms with Crippen LogP contribution in [-0.4, -0.2) is 46.3 Å². The third kappa shape index (κ3) is 10.0. The van der Waals surface area contributed by atoms with Crippen molar-refractivity contribution in [3.05, 3.63) is 23.3 Å². The van der Waals surface area contributed by atoms with Gasteiger partial charge < -0.3 is 10.2 Å². The van der Waals surface area contributed by atoms with E-state index in [0.29, 0.717) is 17.5 Å². The Hall–Kier alpha value is -0.840. The van der Waals surface area contributed by atoms with Gasteiger partial charge in [0.2, 0.25) is 0 Å². The van der Waals surface area contributed by atoms with Crippen molar-refractivity contribution in [2.45, 2.75) is 83.3 Å². The van der Waals surface area contributed by atoms with E-state index in [0.717, 1.165) is 51.6 Å². The average molecular weight is 372 g/mol. The molecule has 25 heavy (non-hydrogen) atoms. The van der Waals surface area contributed by atoms with Crippen molar-refractivity contribution < 1.29 is 15.0 Å². The van der Waals surface area contributed by atoms with E-state index >= 15 is 0 Å². The third-order valence-corrected chi connectivity index (χ3v) is 5.16. The van der Waals surface area contributed by atoms with Crippen LogP contribution in [0.2, 0.25) is 0 Å². The Morgan fingerprint density at radius 3 is 2.84 bits per heavy atom. The summed E-state index contributed by atoms with van der Waals surface area (Å²) >= 11 is 6.25. The molecule has 1 rings (SSSR count). The molecule has 2 N–H and O–H groups in total. The van der Waals surface area contributed by atoms with Crippen molar-refractivity contribution in [2.24, 2.45) is 0 Å². The summed E-state index contributed by atoms with van der Waals surface area (Å²) in [5.41, 5.74) is 0. The number of carbonyl (C=O) groups is 1. The van der Waals surface area contributed by atoms with Crippen molar-refractivity contribution >= 4 is 17.6 Å². The number of hydrogen-bond acceptors (Lipinski definition) is 3. The lowest BCUT2D eigenvalue weighted by Gasteiger charge is -2.22. The fraction of sp³-hybridized carbons (Fsp3) is 0.750. The second-order valence-corrected chi connectivity index (χ2v) is 7.32. The summed E-state index contributed by atoms with van der Waals surface area (Å²) in [4.78, 5) is 12.9. The number of aliphatic carboxylic acids is 1. The van der Waals surface area contributed by atoms with Gasteiger partial charge in [-0.2, -0.15) is 0 Å². The number of unbranched alkanes of at least 4 members (excludes halogenated alkanes) is 3. The minimum Gasteiger partial charge on any atom is -0.481 e. The molecule has 144 valence electrons. The largest absolute Gasteiger partial charge is 0.481 e. The summed E-state index contributed by atoms with van der Waals surface area (Å²) in [6, 6.07) is 0.522. The van der Waals surface area contributed by atoms with Gasteiger partial charge in [0.05, 0.1) is 6.10 Å². The van der Waals surface area contributed by atoms with Crippen molar-refractivity contribution in [1.29, 1.82) is 0 Å². The lowest BCUT2D eigenvalue weighted by atomic mass is 10.1. The normalized spacial score (nSPS) is 20.4. The van der Waals surface area contributed by atoms with Gasteiger partial charge in [-0.05, 0) is 45.1 Å². The predicted molar refractivity (Wildman–Crippen MR) is 104 cm³/mol. The van der Waals surface area contributed by atoms with E-state index in [4.69, 9.17) is 16.7 Å². The molecule has 1 saturated heterocycles. The molecule has 0 saturated carbocycles. The van der Waals surface area contributed by atoms with Crippen LogP contribution in [0.3, 0.4) is 0 Å². The minimum atomic E-state index is -0.726. The molecule has 1 fully saturated rings. The molecule has 0 aromatic rings. The second-order valence-electron chi connectivity index (χ2n) is 6.88. The Bertz CT molecular complexity index is 437. The first-order chi connectivity index (χ1) is 12.0. The molecular formula is C20H34ClNO3. The van der Waals surface area contributed by atoms with Crippen LogP contribution >= 0.6 is 11.6 Å². The van der Waals surface area contributed by atoms with Gasteiger partial charge in [0.15, 0.2) is 0 Å². The minimum absolute atomic E-state index is 0.240. The number of rotatable bonds is 13. The van der Waals surface area contributed by atoms with Gasteiger partial charge in [0.25, 0.3) is 0 Å². The third-order valence-electron chi connectivity index (χ3n) is 4.76. The van der Waals surface area contributed by atoms with Crippen molar-refractivity contribution in [1.82, 2.24) is 4.90 Å². The topological polar surface area (TPSA) is 60.8 Å². The van der Waals surface area contributed by atoms with Crippen molar-refractivity contribution in [3.8, 4) is 0 Å². The fourth-order valence-electron chi connectivity index (χ4n) is 3.21. The molecule has 0 aromatic carbocycles. The lowest BCUT2D eigenvalue weighted by Crippen LogP contribution is -2.29. The first-order valence-corrected chi connectivity index (χ1v) is 10.1. The van der Waals surface area contributed by atoms with Gasteiger partial charge in [-0.15, -0.1) is 0 Å². The maximum Gasteiger partial charge on any atom is 0.303 e. The number of aliphatic hydroxyl groups is 1. The molecule has 0 aliphatic carbocycles. The molecule has 5 heteroatoms. The number of allylic oxidation sites excluding steroid dienone is 1. The average Bonchev–Trinajstić information content (AvgIpc) is 3.03. The summed E-state index contributed by atoms with van der Waals surface area (Å²) in [7, 11) is 0. The van der Waals surface area contributed by atoms with Gasteiger partial charge in [-0.1, -0.05) is 56.0 Å². The highest BCUT2D eigenvalue weighted by molar-refractivity contribution is 6.30. The van der Waals surface area contributed by atoms with Crippen molar-refractivity contribution in [2.75, 3.05) is 13.1 Å². The number of likely N-dealkylation sites (tertiary alicyclic amines) is 1. The highest BCUT2D eigenvalue weighted by Crippen LogP contribution is 2.22. The van der Waals surface area contributed by atoms with E-state index < -0.39 is 12.1 Å². The van der Waals surface area contributed by atoms with E-state index in [2.05, 4.69) is 24.0 Å². The van der Waals surface area contributed by atoms with Gasteiger partial charge in [-0.3, -0.25) is 9.69 Å². The molecule has 0 spiro atoms. The lowest BCUT2D eigenvalue weighted by molar-refractivity contribution is -0.137. The summed E-state index contributed by atoms with van der Waals surface area (Å²) in [5, 5.41) is 19.3. The molecular weight excluding hydrogens is 338 g/mol. The molecule has 2 atom stereocenters. The predicted octanol–water partition coefficient (Wildman–Crippen LogP) is 4.72. The van der Waals surface area contributed by atoms with Crippen LogP contribution in [0.4, 0.5) is 0 Å². The Kier molecular flexibility index (Phi) is 11.9. The standard InChI is InChI=1S/C20H34ClNO3/c1-2-3-6-12-19(23)18(21)14-16-22-15-9-11-17(22)10-7-4-5-8-13-20(24)25/h4,7,14,17,19,23H,2-3,5-6,8-13,15-16H2,1H3,(H,24,25)/b7-4?,18-14+. The van der Waals surface area contributed by atoms with Crippen LogP contribution in [-0.2, 0) is 4.79 Å². The molecule has 0 aromatic heterocycles. The molecule has 1 aliphatic rings. The highest BCUT2D eigenvalue weighted by Gasteiger charge is 2.22. The summed E-state index contributed by atoms with van der Waals surface area (Å²) < 4.78 is 0. The second kappa shape index (κ2) is 13.4. The summed E-state index contributed by atoms with van der Waals surface area (Å²) in [6.45, 7) is 4.02. The van der Waals surface area contributed by atoms with E-state index in [1.807, 2.05) is 6.08 Å². The molecule has 4 nitrogen and oxygen atoms in total. The van der Waals surface area contributed by atoms with E-state index in [1.54, 1.807) is 0 Å². The Labute approximate surface area is 157 Å². The van der Waals surface area contributed by atoms with Crippen LogP contribution in [0.5, 0.6) is 0 Å². The Balaban J connectivity index is 2.30. The molecule has 1 heterocycles. The Morgan fingerprint density at radius 2 is 2.12 bits per heavy atom. The number of aliphatic hydroxyl groups excluding tert-OH is 1. The zero-order valence-corrected chi connectivity index (χ0v) is 16.3. The fourth-order valence-corrected chi connectivity index (χ4v) is 3.39. The van der Waals surface area contributed by atoms with Crippen LogP contribution in [0, 0.1) is 0 Å². The maximum atomic E-state index is 10.5. The first kappa shape index (κ1) is 22.2. The summed E-state index contributed by atoms with van der Waals surface area (Å²) in [5.74, 6) is -0.726. The van der Waals surface area contributed by atoms with Gasteiger partial charge >= 0.3 is 5.97 Å². The first-order valence-electron chi connectivity index (χ1n) is 9.69. The van der Waals surface area contributed by atoms with Gasteiger partial charge in [0, 0.05) is 24.0 Å². The zero-order chi connectivity index (χ0) is 18.5. The molecule has 0 amide bonds. The Morgan fingerprint density at radius 1 is 1.32 bits per heavy atom. The molecule has 0 bridgehead atoms. The summed E-state index contributed by atoms with van der Waals surface area (Å²) in [6.07, 6.45) is 14.9. The van der Waals surface area contributed by atoms with Crippen LogP contribution in [0.1, 0.15) is 71.1 Å². The molecule has 1 aliphatic heterocycles. The van der Waals surface area contributed by atoms with Crippen molar-refractivity contribution in [3.63, 3.8) is 0 Å². The molecule has 0 radical (unpaired) electrons. The quantitative estimate of drug-likeness (QED) is 0.363. The highest BCUT2D eigenvalue weighted by atomic mass is 35.5. The number of carboxylic acid groups (broad SMARTS) is 1. The SMILES string of the molecule is CCCCCC(O)/C(Cl)=C\CN1CCCC1CC=CCCCC(=O)O. The number of hydrogen-bond donors (Lipinski definition) is 2. The van der Waals surface area contributed by atoms with Crippen LogP contribution < -0.4 is 0 Å². The van der Waals surface area contributed by atoms with E-state index in [-0.39, 0.29) is 6.42 Å². The monoisotopic (exact) mass is 371 g/mol. The number of halogens is 1. The number of nitrogens with zero attached hydrogens (tertiary/aromatic N) is 1. The number of carboxylic acids is 1. The van der Waals surface area contributed by atoms with E-state index in [9.17, 15) is 9.90 Å². The van der Waals surface area contributed by atoms with Gasteiger partial charge in [0.1, 0.15) is 0 Å². The zero-order valence-electron chi connectivity index (χ0n) is 15.5. The van der Waals surface area contributed by atoms with Gasteiger partial charge in [-0.25, -0.2) is 0 Å². The van der Waals surface area contributed by atoms with Crippen LogP contribution in [0.15, 0.2) is 23.3 Å².